The largest absolute Gasteiger partial charge is 0.482 e. The molecule has 0 spiro atoms. The highest BCUT2D eigenvalue weighted by Crippen LogP contribution is 2.31. The van der Waals surface area contributed by atoms with Gasteiger partial charge in [0, 0.05) is 19.0 Å². The van der Waals surface area contributed by atoms with E-state index in [9.17, 15) is 9.59 Å². The van der Waals surface area contributed by atoms with E-state index in [1.54, 1.807) is 4.90 Å². The van der Waals surface area contributed by atoms with Crippen LogP contribution in [-0.4, -0.2) is 31.0 Å². The Balaban J connectivity index is 1.88. The van der Waals surface area contributed by atoms with Crippen molar-refractivity contribution in [2.24, 2.45) is 0 Å². The summed E-state index contributed by atoms with van der Waals surface area (Å²) >= 11 is 0. The molecule has 1 aliphatic heterocycles. The van der Waals surface area contributed by atoms with Crippen molar-refractivity contribution < 1.29 is 14.3 Å². The molecular formula is C16H22N2O3. The molecule has 114 valence electrons. The molecule has 5 nitrogen and oxygen atoms in total. The molecule has 0 bridgehead atoms. The number of fused-ring (bicyclic) bond motifs is 1. The van der Waals surface area contributed by atoms with E-state index in [0.717, 1.165) is 17.9 Å². The first-order valence-corrected chi connectivity index (χ1v) is 7.43. The van der Waals surface area contributed by atoms with Crippen LogP contribution in [0.1, 0.15) is 33.1 Å². The maximum Gasteiger partial charge on any atom is 0.265 e. The number of hydrogen-bond acceptors (Lipinski definition) is 3. The zero-order chi connectivity index (χ0) is 15.2. The predicted octanol–water partition coefficient (Wildman–Crippen LogP) is 2.11. The van der Waals surface area contributed by atoms with Gasteiger partial charge in [0.05, 0.1) is 5.69 Å². The lowest BCUT2D eigenvalue weighted by Crippen LogP contribution is -2.40. The van der Waals surface area contributed by atoms with Gasteiger partial charge < -0.3 is 15.0 Å². The van der Waals surface area contributed by atoms with Crippen molar-refractivity contribution in [3.63, 3.8) is 0 Å². The quantitative estimate of drug-likeness (QED) is 0.873. The number of hydrogen-bond donors (Lipinski definition) is 1. The van der Waals surface area contributed by atoms with E-state index in [2.05, 4.69) is 5.32 Å². The van der Waals surface area contributed by atoms with Crippen molar-refractivity contribution in [3.05, 3.63) is 24.3 Å². The molecule has 1 N–H and O–H groups in total. The SMILES string of the molecule is CC[C@H](C)NC(=O)CCCN1C(=O)COc2ccccc21. The Labute approximate surface area is 125 Å². The summed E-state index contributed by atoms with van der Waals surface area (Å²) in [5, 5.41) is 2.93. The van der Waals surface area contributed by atoms with Crippen LogP contribution in [0.15, 0.2) is 24.3 Å². The molecule has 1 aliphatic rings. The second-order valence-electron chi connectivity index (χ2n) is 5.28. The third kappa shape index (κ3) is 3.97. The third-order valence-corrected chi connectivity index (χ3v) is 3.61. The first kappa shape index (κ1) is 15.4. The average Bonchev–Trinajstić information content (AvgIpc) is 2.49. The molecule has 0 saturated heterocycles. The second kappa shape index (κ2) is 7.11. The van der Waals surface area contributed by atoms with Gasteiger partial charge in [-0.3, -0.25) is 9.59 Å². The molecule has 0 saturated carbocycles. The fourth-order valence-corrected chi connectivity index (χ4v) is 2.25. The van der Waals surface area contributed by atoms with Crippen LogP contribution < -0.4 is 15.0 Å². The first-order valence-electron chi connectivity index (χ1n) is 7.43. The number of anilines is 1. The van der Waals surface area contributed by atoms with Gasteiger partial charge in [-0.2, -0.15) is 0 Å². The van der Waals surface area contributed by atoms with Crippen molar-refractivity contribution in [2.45, 2.75) is 39.2 Å². The Morgan fingerprint density at radius 3 is 2.95 bits per heavy atom. The number of ether oxygens (including phenoxy) is 1. The lowest BCUT2D eigenvalue weighted by Gasteiger charge is -2.29. The van der Waals surface area contributed by atoms with E-state index in [-0.39, 0.29) is 24.5 Å². The molecule has 0 fully saturated rings. The van der Waals surface area contributed by atoms with Crippen LogP contribution in [0.5, 0.6) is 5.75 Å². The highest BCUT2D eigenvalue weighted by molar-refractivity contribution is 5.97. The standard InChI is InChI=1S/C16H22N2O3/c1-3-12(2)17-15(19)9-6-10-18-13-7-4-5-8-14(13)21-11-16(18)20/h4-5,7-8,12H,3,6,9-11H2,1-2H3,(H,17,19)/t12-/m0/s1. The summed E-state index contributed by atoms with van der Waals surface area (Å²) in [6.07, 6.45) is 1.99. The monoisotopic (exact) mass is 290 g/mol. The Morgan fingerprint density at radius 2 is 2.19 bits per heavy atom. The first-order chi connectivity index (χ1) is 10.1. The zero-order valence-electron chi connectivity index (χ0n) is 12.6. The van der Waals surface area contributed by atoms with E-state index >= 15 is 0 Å². The van der Waals surface area contributed by atoms with Gasteiger partial charge in [-0.05, 0) is 31.9 Å². The van der Waals surface area contributed by atoms with Crippen molar-refractivity contribution in [3.8, 4) is 5.75 Å². The lowest BCUT2D eigenvalue weighted by molar-refractivity contribution is -0.123. The van der Waals surface area contributed by atoms with Gasteiger partial charge in [0.15, 0.2) is 6.61 Å². The summed E-state index contributed by atoms with van der Waals surface area (Å²) in [5.74, 6) is 0.704. The minimum Gasteiger partial charge on any atom is -0.482 e. The molecule has 0 radical (unpaired) electrons. The molecule has 1 heterocycles. The highest BCUT2D eigenvalue weighted by Gasteiger charge is 2.24. The molecule has 1 atom stereocenters. The normalized spacial score (nSPS) is 15.1. The van der Waals surface area contributed by atoms with Crippen molar-refractivity contribution >= 4 is 17.5 Å². The summed E-state index contributed by atoms with van der Waals surface area (Å²) in [6.45, 7) is 4.62. The van der Waals surface area contributed by atoms with E-state index in [1.807, 2.05) is 38.1 Å². The Kier molecular flexibility index (Phi) is 5.20. The zero-order valence-corrected chi connectivity index (χ0v) is 12.6. The lowest BCUT2D eigenvalue weighted by atomic mass is 10.2. The summed E-state index contributed by atoms with van der Waals surface area (Å²) < 4.78 is 5.39. The number of rotatable bonds is 6. The fourth-order valence-electron chi connectivity index (χ4n) is 2.25. The molecule has 0 aliphatic carbocycles. The van der Waals surface area contributed by atoms with Crippen LogP contribution >= 0.6 is 0 Å². The van der Waals surface area contributed by atoms with Gasteiger partial charge in [0.25, 0.3) is 5.91 Å². The highest BCUT2D eigenvalue weighted by atomic mass is 16.5. The van der Waals surface area contributed by atoms with Gasteiger partial charge in [-0.1, -0.05) is 19.1 Å². The van der Waals surface area contributed by atoms with Crippen LogP contribution in [-0.2, 0) is 9.59 Å². The van der Waals surface area contributed by atoms with Gasteiger partial charge in [0.1, 0.15) is 5.75 Å². The third-order valence-electron chi connectivity index (χ3n) is 3.61. The molecule has 0 aromatic heterocycles. The summed E-state index contributed by atoms with van der Waals surface area (Å²) in [6, 6.07) is 7.68. The minimum atomic E-state index is -0.0592. The predicted molar refractivity (Wildman–Crippen MR) is 81.4 cm³/mol. The number of amides is 2. The van der Waals surface area contributed by atoms with Gasteiger partial charge in [-0.15, -0.1) is 0 Å². The summed E-state index contributed by atoms with van der Waals surface area (Å²) in [4.78, 5) is 25.4. The smallest absolute Gasteiger partial charge is 0.265 e. The molecule has 5 heteroatoms. The van der Waals surface area contributed by atoms with Crippen LogP contribution in [0.3, 0.4) is 0 Å². The minimum absolute atomic E-state index is 0.0401. The average molecular weight is 290 g/mol. The second-order valence-corrected chi connectivity index (χ2v) is 5.28. The van der Waals surface area contributed by atoms with Crippen LogP contribution in [0.4, 0.5) is 5.69 Å². The molecule has 21 heavy (non-hydrogen) atoms. The number of carbonyl (C=O) groups excluding carboxylic acids is 2. The molecular weight excluding hydrogens is 268 g/mol. The molecule has 1 aromatic rings. The van der Waals surface area contributed by atoms with E-state index in [0.29, 0.717) is 19.4 Å². The van der Waals surface area contributed by atoms with E-state index in [1.165, 1.54) is 0 Å². The molecule has 0 unspecified atom stereocenters. The fraction of sp³-hybridized carbons (Fsp3) is 0.500. The van der Waals surface area contributed by atoms with Crippen molar-refractivity contribution in [1.29, 1.82) is 0 Å². The molecule has 2 rings (SSSR count). The Bertz CT molecular complexity index is 516. The number of nitrogens with one attached hydrogen (secondary N) is 1. The van der Waals surface area contributed by atoms with E-state index < -0.39 is 0 Å². The van der Waals surface area contributed by atoms with Crippen LogP contribution in [0.2, 0.25) is 0 Å². The van der Waals surface area contributed by atoms with Crippen LogP contribution in [0.25, 0.3) is 0 Å². The number of carbonyl (C=O) groups is 2. The maximum atomic E-state index is 12.0. The van der Waals surface area contributed by atoms with E-state index in [4.69, 9.17) is 4.74 Å². The van der Waals surface area contributed by atoms with Gasteiger partial charge in [0.2, 0.25) is 5.91 Å². The molecule has 1 aromatic carbocycles. The summed E-state index contributed by atoms with van der Waals surface area (Å²) in [5.41, 5.74) is 0.788. The number of benzene rings is 1. The maximum absolute atomic E-state index is 12.0. The van der Waals surface area contributed by atoms with Crippen molar-refractivity contribution in [1.82, 2.24) is 5.32 Å². The van der Waals surface area contributed by atoms with Gasteiger partial charge in [-0.25, -0.2) is 0 Å². The summed E-state index contributed by atoms with van der Waals surface area (Å²) in [7, 11) is 0. The van der Waals surface area contributed by atoms with Gasteiger partial charge >= 0.3 is 0 Å². The topological polar surface area (TPSA) is 58.6 Å². The number of nitrogens with zero attached hydrogens (tertiary/aromatic N) is 1. The Morgan fingerprint density at radius 1 is 1.43 bits per heavy atom. The number of para-hydroxylation sites is 2. The van der Waals surface area contributed by atoms with Crippen molar-refractivity contribution in [2.75, 3.05) is 18.1 Å². The molecule has 2 amide bonds. The van der Waals surface area contributed by atoms with Crippen LogP contribution in [0, 0.1) is 0 Å². The Hall–Kier alpha value is -2.04.